The van der Waals surface area contributed by atoms with Crippen LogP contribution >= 0.6 is 0 Å². The van der Waals surface area contributed by atoms with E-state index in [1.807, 2.05) is 26.1 Å². The lowest BCUT2D eigenvalue weighted by Gasteiger charge is -2.22. The number of para-hydroxylation sites is 1. The van der Waals surface area contributed by atoms with Gasteiger partial charge in [-0.3, -0.25) is 4.79 Å². The second kappa shape index (κ2) is 5.66. The van der Waals surface area contributed by atoms with Crippen LogP contribution in [0.5, 0.6) is 0 Å². The monoisotopic (exact) mass is 220 g/mol. The number of benzene rings is 1. The van der Waals surface area contributed by atoms with Crippen LogP contribution in [0.3, 0.4) is 0 Å². The van der Waals surface area contributed by atoms with E-state index < -0.39 is 0 Å². The molecule has 1 aromatic carbocycles. The molecule has 1 rings (SSSR count). The Bertz CT molecular complexity index is 374. The molecule has 3 heteroatoms. The van der Waals surface area contributed by atoms with Crippen molar-refractivity contribution in [2.45, 2.75) is 26.7 Å². The first-order valence-electron chi connectivity index (χ1n) is 5.67. The van der Waals surface area contributed by atoms with Crippen LogP contribution in [0.2, 0.25) is 0 Å². The van der Waals surface area contributed by atoms with Gasteiger partial charge in [-0.2, -0.15) is 0 Å². The van der Waals surface area contributed by atoms with E-state index in [0.29, 0.717) is 13.0 Å². The van der Waals surface area contributed by atoms with Crippen molar-refractivity contribution in [3.05, 3.63) is 29.3 Å². The van der Waals surface area contributed by atoms with Crippen molar-refractivity contribution in [3.63, 3.8) is 0 Å². The topological polar surface area (TPSA) is 46.3 Å². The summed E-state index contributed by atoms with van der Waals surface area (Å²) in [7, 11) is 1.82. The van der Waals surface area contributed by atoms with Crippen LogP contribution in [-0.2, 0) is 11.2 Å². The fourth-order valence-electron chi connectivity index (χ4n) is 1.90. The largest absolute Gasteiger partial charge is 0.330 e. The number of amides is 1. The highest BCUT2D eigenvalue weighted by Crippen LogP contribution is 2.25. The molecule has 0 spiro atoms. The van der Waals surface area contributed by atoms with Crippen molar-refractivity contribution in [1.29, 1.82) is 0 Å². The van der Waals surface area contributed by atoms with E-state index in [4.69, 9.17) is 5.73 Å². The number of hydrogen-bond acceptors (Lipinski definition) is 2. The summed E-state index contributed by atoms with van der Waals surface area (Å²) in [6.45, 7) is 4.52. The Balaban J connectivity index is 3.06. The molecular weight excluding hydrogens is 200 g/mol. The average Bonchev–Trinajstić information content (AvgIpc) is 2.28. The number of hydrogen-bond donors (Lipinski definition) is 1. The van der Waals surface area contributed by atoms with Gasteiger partial charge in [-0.25, -0.2) is 0 Å². The minimum Gasteiger partial charge on any atom is -0.330 e. The first-order valence-corrected chi connectivity index (χ1v) is 5.67. The molecule has 3 nitrogen and oxygen atoms in total. The summed E-state index contributed by atoms with van der Waals surface area (Å²) >= 11 is 0. The van der Waals surface area contributed by atoms with E-state index in [2.05, 4.69) is 13.0 Å². The molecule has 1 amide bonds. The van der Waals surface area contributed by atoms with E-state index in [0.717, 1.165) is 17.7 Å². The summed E-state index contributed by atoms with van der Waals surface area (Å²) in [6.07, 6.45) is 1.32. The molecule has 2 N–H and O–H groups in total. The molecule has 0 radical (unpaired) electrons. The van der Waals surface area contributed by atoms with E-state index in [1.54, 1.807) is 4.90 Å². The van der Waals surface area contributed by atoms with Gasteiger partial charge in [0.15, 0.2) is 0 Å². The fraction of sp³-hybridized carbons (Fsp3) is 0.462. The molecule has 0 heterocycles. The lowest BCUT2D eigenvalue weighted by Crippen LogP contribution is -2.29. The zero-order chi connectivity index (χ0) is 12.1. The highest BCUT2D eigenvalue weighted by atomic mass is 16.2. The number of carbonyl (C=O) groups excluding carboxylic acids is 1. The van der Waals surface area contributed by atoms with Crippen LogP contribution < -0.4 is 10.6 Å². The minimum atomic E-state index is 0.0755. The summed E-state index contributed by atoms with van der Waals surface area (Å²) in [5.74, 6) is 0.0755. The van der Waals surface area contributed by atoms with Crippen LogP contribution in [0.1, 0.15) is 24.5 Å². The Morgan fingerprint density at radius 3 is 2.69 bits per heavy atom. The zero-order valence-corrected chi connectivity index (χ0v) is 10.3. The Kier molecular flexibility index (Phi) is 4.50. The normalized spacial score (nSPS) is 10.2. The smallest absolute Gasteiger partial charge is 0.228 e. The predicted molar refractivity (Wildman–Crippen MR) is 67.6 cm³/mol. The number of rotatable bonds is 4. The van der Waals surface area contributed by atoms with Gasteiger partial charge in [0.05, 0.1) is 0 Å². The molecule has 0 aromatic heterocycles. The van der Waals surface area contributed by atoms with Crippen molar-refractivity contribution in [3.8, 4) is 0 Å². The quantitative estimate of drug-likeness (QED) is 0.842. The zero-order valence-electron chi connectivity index (χ0n) is 10.3. The second-order valence-electron chi connectivity index (χ2n) is 3.93. The van der Waals surface area contributed by atoms with Crippen molar-refractivity contribution >= 4 is 11.6 Å². The van der Waals surface area contributed by atoms with Crippen LogP contribution in [0.25, 0.3) is 0 Å². The number of anilines is 1. The van der Waals surface area contributed by atoms with Crippen LogP contribution in [-0.4, -0.2) is 19.5 Å². The summed E-state index contributed by atoms with van der Waals surface area (Å²) in [5, 5.41) is 0. The third-order valence-corrected chi connectivity index (χ3v) is 2.77. The molecule has 0 unspecified atom stereocenters. The third kappa shape index (κ3) is 2.61. The predicted octanol–water partition coefficient (Wildman–Crippen LogP) is 1.87. The van der Waals surface area contributed by atoms with Crippen molar-refractivity contribution < 1.29 is 4.79 Å². The van der Waals surface area contributed by atoms with Gasteiger partial charge in [-0.1, -0.05) is 25.1 Å². The SMILES string of the molecule is CCc1cccc(C)c1N(C)C(=O)CCN. The van der Waals surface area contributed by atoms with Gasteiger partial charge in [0.1, 0.15) is 0 Å². The Labute approximate surface area is 97.2 Å². The van der Waals surface area contributed by atoms with Crippen LogP contribution in [0.15, 0.2) is 18.2 Å². The molecule has 0 fully saturated rings. The molecule has 0 aliphatic rings. The summed E-state index contributed by atoms with van der Waals surface area (Å²) in [5.41, 5.74) is 8.77. The number of aryl methyl sites for hydroxylation is 2. The van der Waals surface area contributed by atoms with Crippen molar-refractivity contribution in [2.75, 3.05) is 18.5 Å². The van der Waals surface area contributed by atoms with Crippen molar-refractivity contribution in [1.82, 2.24) is 0 Å². The third-order valence-electron chi connectivity index (χ3n) is 2.77. The van der Waals surface area contributed by atoms with E-state index in [1.165, 1.54) is 5.56 Å². The fourth-order valence-corrected chi connectivity index (χ4v) is 1.90. The van der Waals surface area contributed by atoms with E-state index in [-0.39, 0.29) is 5.91 Å². The molecule has 0 bridgehead atoms. The number of nitrogens with two attached hydrogens (primary N) is 1. The highest BCUT2D eigenvalue weighted by Gasteiger charge is 2.14. The van der Waals surface area contributed by atoms with Gasteiger partial charge < -0.3 is 10.6 Å². The number of nitrogens with zero attached hydrogens (tertiary/aromatic N) is 1. The Morgan fingerprint density at radius 2 is 2.12 bits per heavy atom. The molecule has 0 aliphatic carbocycles. The highest BCUT2D eigenvalue weighted by molar-refractivity contribution is 5.94. The van der Waals surface area contributed by atoms with Crippen LogP contribution in [0.4, 0.5) is 5.69 Å². The Morgan fingerprint density at radius 1 is 1.44 bits per heavy atom. The van der Waals surface area contributed by atoms with E-state index in [9.17, 15) is 4.79 Å². The molecule has 0 aliphatic heterocycles. The van der Waals surface area contributed by atoms with Crippen molar-refractivity contribution in [2.24, 2.45) is 5.73 Å². The second-order valence-corrected chi connectivity index (χ2v) is 3.93. The molecule has 1 aromatic rings. The standard InChI is InChI=1S/C13H20N2O/c1-4-11-7-5-6-10(2)13(11)15(3)12(16)8-9-14/h5-7H,4,8-9,14H2,1-3H3. The number of carbonyl (C=O) groups is 1. The average molecular weight is 220 g/mol. The lowest BCUT2D eigenvalue weighted by atomic mass is 10.0. The molecule has 0 saturated heterocycles. The molecule has 16 heavy (non-hydrogen) atoms. The molecule has 0 atom stereocenters. The first-order chi connectivity index (χ1) is 7.61. The molecular formula is C13H20N2O. The van der Waals surface area contributed by atoms with Gasteiger partial charge in [-0.15, -0.1) is 0 Å². The van der Waals surface area contributed by atoms with Gasteiger partial charge in [0.2, 0.25) is 5.91 Å². The maximum Gasteiger partial charge on any atom is 0.228 e. The maximum atomic E-state index is 11.8. The first kappa shape index (κ1) is 12.7. The molecule has 88 valence electrons. The lowest BCUT2D eigenvalue weighted by molar-refractivity contribution is -0.118. The summed E-state index contributed by atoms with van der Waals surface area (Å²) in [4.78, 5) is 13.5. The summed E-state index contributed by atoms with van der Waals surface area (Å²) in [6, 6.07) is 6.12. The minimum absolute atomic E-state index is 0.0755. The van der Waals surface area contributed by atoms with Gasteiger partial charge in [-0.05, 0) is 24.5 Å². The molecule has 0 saturated carbocycles. The Hall–Kier alpha value is -1.35. The van der Waals surface area contributed by atoms with Crippen LogP contribution in [0, 0.1) is 6.92 Å². The summed E-state index contributed by atoms with van der Waals surface area (Å²) < 4.78 is 0. The van der Waals surface area contributed by atoms with Gasteiger partial charge >= 0.3 is 0 Å². The van der Waals surface area contributed by atoms with Gasteiger partial charge in [0, 0.05) is 25.7 Å². The van der Waals surface area contributed by atoms with Gasteiger partial charge in [0.25, 0.3) is 0 Å². The van der Waals surface area contributed by atoms with E-state index >= 15 is 0 Å². The maximum absolute atomic E-state index is 11.8.